The topological polar surface area (TPSA) is 21.3 Å². The minimum atomic E-state index is -0.256. The molecule has 0 saturated carbocycles. The summed E-state index contributed by atoms with van der Waals surface area (Å²) in [6, 6.07) is 11.6. The predicted octanol–water partition coefficient (Wildman–Crippen LogP) is 4.66. The highest BCUT2D eigenvalue weighted by Crippen LogP contribution is 2.24. The van der Waals surface area contributed by atoms with Gasteiger partial charge in [-0.25, -0.2) is 4.39 Å². The molecule has 104 valence electrons. The number of halogens is 2. The molecule has 0 atom stereocenters. The third-order valence-electron chi connectivity index (χ3n) is 2.71. The molecule has 0 bridgehead atoms. The van der Waals surface area contributed by atoms with E-state index in [4.69, 9.17) is 16.3 Å². The van der Waals surface area contributed by atoms with Crippen LogP contribution in [0.25, 0.3) is 0 Å². The summed E-state index contributed by atoms with van der Waals surface area (Å²) in [5.41, 5.74) is 1.77. The van der Waals surface area contributed by atoms with Crippen LogP contribution < -0.4 is 10.1 Å². The van der Waals surface area contributed by atoms with E-state index in [9.17, 15) is 4.39 Å². The Kier molecular flexibility index (Phi) is 5.02. The van der Waals surface area contributed by atoms with E-state index in [0.717, 1.165) is 17.0 Å². The summed E-state index contributed by atoms with van der Waals surface area (Å²) < 4.78 is 18.4. The van der Waals surface area contributed by atoms with Gasteiger partial charge in [0.15, 0.2) is 0 Å². The van der Waals surface area contributed by atoms with E-state index in [1.807, 2.05) is 12.1 Å². The van der Waals surface area contributed by atoms with E-state index in [1.165, 1.54) is 12.1 Å². The molecule has 0 aliphatic rings. The summed E-state index contributed by atoms with van der Waals surface area (Å²) in [5, 5.41) is 3.85. The van der Waals surface area contributed by atoms with E-state index in [1.54, 1.807) is 24.3 Å². The van der Waals surface area contributed by atoms with Crippen LogP contribution >= 0.6 is 11.6 Å². The van der Waals surface area contributed by atoms with Gasteiger partial charge in [0.2, 0.25) is 0 Å². The molecule has 0 unspecified atom stereocenters. The third kappa shape index (κ3) is 4.00. The van der Waals surface area contributed by atoms with Crippen LogP contribution in [0.5, 0.6) is 5.75 Å². The zero-order valence-electron chi connectivity index (χ0n) is 10.9. The molecule has 0 saturated heterocycles. The Hall–Kier alpha value is -2.00. The second kappa shape index (κ2) is 6.96. The monoisotopic (exact) mass is 291 g/mol. The molecule has 0 aliphatic carbocycles. The molecule has 0 aliphatic heterocycles. The highest BCUT2D eigenvalue weighted by molar-refractivity contribution is 6.30. The van der Waals surface area contributed by atoms with Crippen LogP contribution in [0.15, 0.2) is 55.1 Å². The van der Waals surface area contributed by atoms with Crippen molar-refractivity contribution in [3.05, 3.63) is 71.5 Å². The Morgan fingerprint density at radius 1 is 1.20 bits per heavy atom. The maximum Gasteiger partial charge on any atom is 0.124 e. The lowest BCUT2D eigenvalue weighted by Crippen LogP contribution is -2.03. The molecular weight excluding hydrogens is 277 g/mol. The Labute approximate surface area is 122 Å². The first-order chi connectivity index (χ1) is 9.69. The van der Waals surface area contributed by atoms with Crippen LogP contribution in [-0.2, 0) is 6.54 Å². The van der Waals surface area contributed by atoms with Crippen molar-refractivity contribution in [2.75, 3.05) is 11.9 Å². The SMILES string of the molecule is C=CCOc1ccc(Cl)cc1CNc1ccc(F)cc1. The molecule has 2 rings (SSSR count). The fourth-order valence-electron chi connectivity index (χ4n) is 1.74. The fraction of sp³-hybridized carbons (Fsp3) is 0.125. The number of hydrogen-bond donors (Lipinski definition) is 1. The van der Waals surface area contributed by atoms with E-state index in [0.29, 0.717) is 18.2 Å². The van der Waals surface area contributed by atoms with Gasteiger partial charge in [0, 0.05) is 22.8 Å². The molecule has 4 heteroatoms. The van der Waals surface area contributed by atoms with Crippen LogP contribution in [0.2, 0.25) is 5.02 Å². The van der Waals surface area contributed by atoms with Crippen molar-refractivity contribution >= 4 is 17.3 Å². The van der Waals surface area contributed by atoms with Gasteiger partial charge in [-0.05, 0) is 42.5 Å². The van der Waals surface area contributed by atoms with Crippen molar-refractivity contribution in [3.63, 3.8) is 0 Å². The average molecular weight is 292 g/mol. The van der Waals surface area contributed by atoms with Gasteiger partial charge in [-0.2, -0.15) is 0 Å². The third-order valence-corrected chi connectivity index (χ3v) is 2.94. The van der Waals surface area contributed by atoms with Gasteiger partial charge in [0.1, 0.15) is 18.2 Å². The summed E-state index contributed by atoms with van der Waals surface area (Å²) in [6.07, 6.45) is 1.69. The van der Waals surface area contributed by atoms with Crippen molar-refractivity contribution in [2.24, 2.45) is 0 Å². The zero-order valence-corrected chi connectivity index (χ0v) is 11.7. The summed E-state index contributed by atoms with van der Waals surface area (Å²) in [5.74, 6) is 0.497. The summed E-state index contributed by atoms with van der Waals surface area (Å²) in [4.78, 5) is 0. The molecule has 2 aromatic carbocycles. The van der Waals surface area contributed by atoms with Crippen LogP contribution in [0.1, 0.15) is 5.56 Å². The summed E-state index contributed by atoms with van der Waals surface area (Å²) >= 11 is 6.00. The van der Waals surface area contributed by atoms with Crippen molar-refractivity contribution < 1.29 is 9.13 Å². The maximum absolute atomic E-state index is 12.8. The normalized spacial score (nSPS) is 10.1. The molecule has 1 N–H and O–H groups in total. The first-order valence-electron chi connectivity index (χ1n) is 6.20. The lowest BCUT2D eigenvalue weighted by molar-refractivity contribution is 0.359. The van der Waals surface area contributed by atoms with Crippen molar-refractivity contribution in [2.45, 2.75) is 6.54 Å². The largest absolute Gasteiger partial charge is 0.489 e. The van der Waals surface area contributed by atoms with Crippen LogP contribution in [0.4, 0.5) is 10.1 Å². The Morgan fingerprint density at radius 2 is 1.95 bits per heavy atom. The zero-order chi connectivity index (χ0) is 14.4. The number of nitrogens with one attached hydrogen (secondary N) is 1. The Balaban J connectivity index is 2.09. The number of rotatable bonds is 6. The molecule has 0 fully saturated rings. The molecule has 20 heavy (non-hydrogen) atoms. The Bertz CT molecular complexity index is 584. The molecule has 0 amide bonds. The van der Waals surface area contributed by atoms with Crippen molar-refractivity contribution in [3.8, 4) is 5.75 Å². The minimum absolute atomic E-state index is 0.256. The minimum Gasteiger partial charge on any atom is -0.489 e. The lowest BCUT2D eigenvalue weighted by atomic mass is 10.2. The second-order valence-electron chi connectivity index (χ2n) is 4.21. The fourth-order valence-corrected chi connectivity index (χ4v) is 1.94. The molecule has 2 aromatic rings. The molecular formula is C16H15ClFNO. The van der Waals surface area contributed by atoms with Gasteiger partial charge in [-0.1, -0.05) is 24.3 Å². The van der Waals surface area contributed by atoms with Gasteiger partial charge < -0.3 is 10.1 Å². The number of hydrogen-bond acceptors (Lipinski definition) is 2. The van der Waals surface area contributed by atoms with Crippen molar-refractivity contribution in [1.29, 1.82) is 0 Å². The molecule has 2 nitrogen and oxygen atoms in total. The quantitative estimate of drug-likeness (QED) is 0.782. The van der Waals surface area contributed by atoms with Crippen LogP contribution in [0, 0.1) is 5.82 Å². The van der Waals surface area contributed by atoms with Gasteiger partial charge >= 0.3 is 0 Å². The summed E-state index contributed by atoms with van der Waals surface area (Å²) in [7, 11) is 0. The van der Waals surface area contributed by atoms with E-state index in [2.05, 4.69) is 11.9 Å². The highest BCUT2D eigenvalue weighted by atomic mass is 35.5. The number of ether oxygens (including phenoxy) is 1. The van der Waals surface area contributed by atoms with Gasteiger partial charge in [0.25, 0.3) is 0 Å². The maximum atomic E-state index is 12.8. The number of anilines is 1. The van der Waals surface area contributed by atoms with Gasteiger partial charge in [-0.3, -0.25) is 0 Å². The highest BCUT2D eigenvalue weighted by Gasteiger charge is 2.05. The Morgan fingerprint density at radius 3 is 2.65 bits per heavy atom. The van der Waals surface area contributed by atoms with E-state index < -0.39 is 0 Å². The molecule has 0 radical (unpaired) electrons. The van der Waals surface area contributed by atoms with E-state index in [-0.39, 0.29) is 5.82 Å². The molecule has 0 aromatic heterocycles. The average Bonchev–Trinajstić information content (AvgIpc) is 2.46. The second-order valence-corrected chi connectivity index (χ2v) is 4.65. The van der Waals surface area contributed by atoms with Crippen LogP contribution in [-0.4, -0.2) is 6.61 Å². The standard InChI is InChI=1S/C16H15ClFNO/c1-2-9-20-16-8-3-13(17)10-12(16)11-19-15-6-4-14(18)5-7-15/h2-8,10,19H,1,9,11H2. The molecule has 0 spiro atoms. The first kappa shape index (κ1) is 14.4. The van der Waals surface area contributed by atoms with Gasteiger partial charge in [0.05, 0.1) is 0 Å². The van der Waals surface area contributed by atoms with E-state index >= 15 is 0 Å². The molecule has 0 heterocycles. The predicted molar refractivity (Wildman–Crippen MR) is 80.9 cm³/mol. The lowest BCUT2D eigenvalue weighted by Gasteiger charge is -2.12. The smallest absolute Gasteiger partial charge is 0.124 e. The summed E-state index contributed by atoms with van der Waals surface area (Å²) in [6.45, 7) is 4.60. The van der Waals surface area contributed by atoms with Crippen LogP contribution in [0.3, 0.4) is 0 Å². The number of benzene rings is 2. The van der Waals surface area contributed by atoms with Gasteiger partial charge in [-0.15, -0.1) is 0 Å². The van der Waals surface area contributed by atoms with Crippen molar-refractivity contribution in [1.82, 2.24) is 0 Å². The first-order valence-corrected chi connectivity index (χ1v) is 6.58.